The fraction of sp³-hybridized carbons (Fsp3) is 0.0755. The maximum absolute atomic E-state index is 14.1. The molecule has 0 saturated carbocycles. The predicted octanol–water partition coefficient (Wildman–Crippen LogP) is 18.7. The van der Waals surface area contributed by atoms with Gasteiger partial charge in [-0.25, -0.2) is 28.8 Å². The van der Waals surface area contributed by atoms with Crippen LogP contribution >= 0.6 is 200 Å². The maximum atomic E-state index is 14.1. The van der Waals surface area contributed by atoms with Crippen LogP contribution in [0.3, 0.4) is 0 Å². The zero-order valence-electron chi connectivity index (χ0n) is 41.2. The van der Waals surface area contributed by atoms with E-state index in [1.54, 1.807) is 94.1 Å². The number of halogens is 1. The number of rotatable bonds is 17. The maximum Gasteiger partial charge on any atom is 0.343 e. The molecule has 0 atom stereocenters. The summed E-state index contributed by atoms with van der Waals surface area (Å²) in [6.45, 7) is -0.310. The molecular weight excluding hydrogens is 1390 g/mol. The van der Waals surface area contributed by atoms with Crippen LogP contribution in [-0.4, -0.2) is 67.5 Å². The number of carbonyl (C=O) groups is 7. The van der Waals surface area contributed by atoms with E-state index in [1.807, 2.05) is 64.9 Å². The molecule has 0 aromatic heterocycles. The molecule has 0 radical (unpaired) electrons. The summed E-state index contributed by atoms with van der Waals surface area (Å²) in [4.78, 5) is 99.2. The Bertz CT molecular complexity index is 3270. The molecule has 8 aliphatic heterocycles. The molecular formula is C53H29ClO13S16. The first-order valence-electron chi connectivity index (χ1n) is 23.2. The summed E-state index contributed by atoms with van der Waals surface area (Å²) in [5, 5.41) is 22.5. The van der Waals surface area contributed by atoms with Gasteiger partial charge in [0.05, 0.1) is 67.3 Å². The van der Waals surface area contributed by atoms with Crippen LogP contribution in [0.25, 0.3) is 0 Å². The van der Waals surface area contributed by atoms with E-state index in [2.05, 4.69) is 0 Å². The van der Waals surface area contributed by atoms with Crippen molar-refractivity contribution in [3.63, 3.8) is 0 Å². The lowest BCUT2D eigenvalue weighted by atomic mass is 10.1. The Morgan fingerprint density at radius 2 is 0.518 bits per heavy atom. The molecule has 0 aliphatic carbocycles. The van der Waals surface area contributed by atoms with Gasteiger partial charge < -0.3 is 28.4 Å². The van der Waals surface area contributed by atoms with Crippen LogP contribution in [0, 0.1) is 0 Å². The number of hydrogen-bond acceptors (Lipinski definition) is 29. The average molecular weight is 1420 g/mol. The van der Waals surface area contributed by atoms with Crippen LogP contribution in [0.15, 0.2) is 173 Å². The van der Waals surface area contributed by atoms with E-state index in [1.165, 1.54) is 130 Å². The second-order valence-corrected chi connectivity index (χ2v) is 34.0. The van der Waals surface area contributed by atoms with E-state index in [4.69, 9.17) is 40.0 Å². The minimum atomic E-state index is -1.13. The number of carbonyl (C=O) groups excluding carboxylic acids is 7. The van der Waals surface area contributed by atoms with Crippen molar-refractivity contribution in [2.24, 2.45) is 0 Å². The second kappa shape index (κ2) is 29.3. The van der Waals surface area contributed by atoms with Crippen LogP contribution in [0.5, 0.6) is 11.5 Å². The monoisotopic (exact) mass is 1420 g/mol. The summed E-state index contributed by atoms with van der Waals surface area (Å²) in [6.07, 6.45) is 0. The molecule has 0 N–H and O–H groups in total. The third-order valence-electron chi connectivity index (χ3n) is 10.6. The lowest BCUT2D eigenvalue weighted by Crippen LogP contribution is -2.16. The molecule has 13 nitrogen and oxygen atoms in total. The Morgan fingerprint density at radius 3 is 0.759 bits per heavy atom. The molecule has 0 saturated heterocycles. The molecule has 11 rings (SSSR count). The van der Waals surface area contributed by atoms with Crippen LogP contribution in [-0.2, 0) is 18.9 Å². The highest BCUT2D eigenvalue weighted by atomic mass is 35.5. The van der Waals surface area contributed by atoms with Gasteiger partial charge in [0.2, 0.25) is 0 Å². The number of ether oxygens (including phenoxy) is 6. The molecule has 8 heterocycles. The molecule has 83 heavy (non-hydrogen) atoms. The first-order valence-corrected chi connectivity index (χ1v) is 37.4. The van der Waals surface area contributed by atoms with Gasteiger partial charge in [0.25, 0.3) is 5.24 Å². The van der Waals surface area contributed by atoms with Crippen molar-refractivity contribution in [1.29, 1.82) is 0 Å². The first kappa shape index (κ1) is 61.6. The second-order valence-electron chi connectivity index (χ2n) is 16.2. The molecule has 3 aromatic carbocycles. The normalized spacial score (nSPS) is 17.8. The van der Waals surface area contributed by atoms with E-state index in [9.17, 15) is 33.6 Å². The van der Waals surface area contributed by atoms with Gasteiger partial charge in [0.15, 0.2) is 0 Å². The zero-order chi connectivity index (χ0) is 57.4. The molecule has 30 heteroatoms. The van der Waals surface area contributed by atoms with E-state index in [0.29, 0.717) is 0 Å². The van der Waals surface area contributed by atoms with Crippen LogP contribution < -0.4 is 9.47 Å². The van der Waals surface area contributed by atoms with Gasteiger partial charge in [-0.2, -0.15) is 0 Å². The van der Waals surface area contributed by atoms with Crippen LogP contribution in [0.2, 0.25) is 0 Å². The molecule has 0 fully saturated rings. The standard InChI is InChI=1S/C53H29ClO13S16/c54-39(55)26-9-27(44(60)66-33-14-29(40(56)62-18-35-22-76-50(80-35)46-68-1-2-69-46)12-30(15-33)41(57)63-19-36-23-77-51(81-36)47-70-3-4-71-47)11-28(10-26)45(61)67-34-16-31(42(58)64-20-37-24-78-52(82-37)48-72-5-6-73-48)13-32(17-34)43(59)65-21-38-25-79-53(83-38)49-74-7-8-75-49/h1-17,22-25H,18-21H2. The van der Waals surface area contributed by atoms with E-state index < -0.39 is 41.1 Å². The van der Waals surface area contributed by atoms with Crippen LogP contribution in [0.1, 0.15) is 72.5 Å². The Kier molecular flexibility index (Phi) is 21.7. The third-order valence-corrected chi connectivity index (χ3v) is 31.0. The summed E-state index contributed by atoms with van der Waals surface area (Å²) in [5.74, 6) is -6.14. The van der Waals surface area contributed by atoms with Gasteiger partial charge in [0.1, 0.15) is 37.9 Å². The molecule has 0 unspecified atom stereocenters. The lowest BCUT2D eigenvalue weighted by Gasteiger charge is -2.13. The largest absolute Gasteiger partial charge is 0.457 e. The van der Waals surface area contributed by atoms with Crippen molar-refractivity contribution in [3.8, 4) is 11.5 Å². The first-order chi connectivity index (χ1) is 40.3. The summed E-state index contributed by atoms with van der Waals surface area (Å²) >= 11 is 30.9. The molecule has 8 aliphatic rings. The van der Waals surface area contributed by atoms with Gasteiger partial charge in [0, 0.05) is 25.2 Å². The number of esters is 6. The van der Waals surface area contributed by atoms with Gasteiger partial charge in [-0.3, -0.25) is 4.79 Å². The highest BCUT2D eigenvalue weighted by Gasteiger charge is 2.28. The minimum absolute atomic E-state index is 0.0776. The number of benzene rings is 3. The van der Waals surface area contributed by atoms with E-state index in [-0.39, 0.29) is 76.9 Å². The Balaban J connectivity index is 0.809. The van der Waals surface area contributed by atoms with Gasteiger partial charge in [-0.15, -0.1) is 0 Å². The highest BCUT2D eigenvalue weighted by Crippen LogP contribution is 2.56. The molecule has 422 valence electrons. The van der Waals surface area contributed by atoms with Crippen molar-refractivity contribution in [2.45, 2.75) is 0 Å². The summed E-state index contributed by atoms with van der Waals surface area (Å²) < 4.78 is 43.0. The Morgan fingerprint density at radius 1 is 0.289 bits per heavy atom. The molecule has 0 spiro atoms. The fourth-order valence-corrected chi connectivity index (χ4v) is 24.6. The molecule has 0 bridgehead atoms. The zero-order valence-corrected chi connectivity index (χ0v) is 55.0. The number of thioether (sulfide) groups is 16. The van der Waals surface area contributed by atoms with Crippen molar-refractivity contribution in [2.75, 3.05) is 26.4 Å². The smallest absolute Gasteiger partial charge is 0.343 e. The lowest BCUT2D eigenvalue weighted by molar-refractivity contribution is 0.0525. The Hall–Kier alpha value is -3.08. The quantitative estimate of drug-likeness (QED) is 0.0539. The van der Waals surface area contributed by atoms with E-state index in [0.717, 1.165) is 71.7 Å². The fourth-order valence-electron chi connectivity index (χ4n) is 6.95. The number of hydrogen-bond donors (Lipinski definition) is 0. The summed E-state index contributed by atoms with van der Waals surface area (Å²) in [5.41, 5.74) is -1.59. The van der Waals surface area contributed by atoms with Crippen molar-refractivity contribution < 1.29 is 62.0 Å². The van der Waals surface area contributed by atoms with Crippen LogP contribution in [0.4, 0.5) is 0 Å². The predicted molar refractivity (Wildman–Crippen MR) is 359 cm³/mol. The molecule has 0 amide bonds. The minimum Gasteiger partial charge on any atom is -0.457 e. The average Bonchev–Trinajstić information content (AvgIpc) is 4.42. The van der Waals surface area contributed by atoms with Crippen molar-refractivity contribution in [1.82, 2.24) is 0 Å². The van der Waals surface area contributed by atoms with Gasteiger partial charge >= 0.3 is 35.8 Å². The van der Waals surface area contributed by atoms with Gasteiger partial charge in [-0.05, 0) is 131 Å². The molecule has 3 aromatic rings. The summed E-state index contributed by atoms with van der Waals surface area (Å²) in [6, 6.07) is 10.6. The topological polar surface area (TPSA) is 175 Å². The van der Waals surface area contributed by atoms with Crippen molar-refractivity contribution >= 4 is 241 Å². The summed E-state index contributed by atoms with van der Waals surface area (Å²) in [7, 11) is 0. The van der Waals surface area contributed by atoms with E-state index >= 15 is 0 Å². The Labute approximate surface area is 546 Å². The highest BCUT2D eigenvalue weighted by molar-refractivity contribution is 8.35. The van der Waals surface area contributed by atoms with Gasteiger partial charge in [-0.1, -0.05) is 188 Å². The third kappa shape index (κ3) is 16.4. The van der Waals surface area contributed by atoms with Crippen molar-refractivity contribution in [3.05, 3.63) is 212 Å². The SMILES string of the molecule is O=C(Cl)c1cc(C(=O)Oc2cc(C(=O)OCC3=CSC(=C4SC=CS4)S3)cc(C(=O)OCC3=CSC(=C4SC=CS4)S3)c2)cc(C(=O)Oc2cc(C(=O)OCC3=CSC(=C4SC=CS4)S3)cc(C(=O)OCC3=CSC(=C4SC=CS4)S3)c2)c1.